The Hall–Kier alpha value is -2.55. The highest BCUT2D eigenvalue weighted by atomic mass is 16.3. The predicted octanol–water partition coefficient (Wildman–Crippen LogP) is 4.79. The number of hydrogen-bond donors (Lipinski definition) is 1. The summed E-state index contributed by atoms with van der Waals surface area (Å²) in [6, 6.07) is 12.7. The molecular formula is C22H23NO2. The first kappa shape index (κ1) is 15.9. The van der Waals surface area contributed by atoms with Gasteiger partial charge in [-0.15, -0.1) is 0 Å². The maximum atomic E-state index is 12.6. The first-order chi connectivity index (χ1) is 12.1. The van der Waals surface area contributed by atoms with E-state index in [-0.39, 0.29) is 11.9 Å². The molecule has 1 aliphatic rings. The summed E-state index contributed by atoms with van der Waals surface area (Å²) >= 11 is 0. The summed E-state index contributed by atoms with van der Waals surface area (Å²) in [7, 11) is 0. The number of carbonyl (C=O) groups excluding carboxylic acids is 1. The fourth-order valence-electron chi connectivity index (χ4n) is 3.80. The van der Waals surface area contributed by atoms with Crippen molar-refractivity contribution in [3.63, 3.8) is 0 Å². The average molecular weight is 333 g/mol. The van der Waals surface area contributed by atoms with Crippen molar-refractivity contribution < 1.29 is 9.21 Å². The molecule has 3 aromatic rings. The van der Waals surface area contributed by atoms with Gasteiger partial charge in [-0.3, -0.25) is 4.79 Å². The van der Waals surface area contributed by atoms with E-state index in [0.717, 1.165) is 35.8 Å². The molecule has 0 fully saturated rings. The molecule has 0 spiro atoms. The zero-order chi connectivity index (χ0) is 17.4. The summed E-state index contributed by atoms with van der Waals surface area (Å²) < 4.78 is 5.65. The van der Waals surface area contributed by atoms with Gasteiger partial charge in [0.1, 0.15) is 5.58 Å². The van der Waals surface area contributed by atoms with Crippen molar-refractivity contribution in [2.45, 2.75) is 45.6 Å². The Balaban J connectivity index is 1.53. The molecule has 1 amide bonds. The van der Waals surface area contributed by atoms with Gasteiger partial charge in [0, 0.05) is 10.9 Å². The van der Waals surface area contributed by atoms with Crippen LogP contribution in [0.1, 0.15) is 46.7 Å². The number of carbonyl (C=O) groups is 1. The molecule has 0 radical (unpaired) electrons. The van der Waals surface area contributed by atoms with E-state index in [2.05, 4.69) is 49.5 Å². The van der Waals surface area contributed by atoms with Crippen LogP contribution in [0.25, 0.3) is 11.0 Å². The summed E-state index contributed by atoms with van der Waals surface area (Å²) in [5, 5.41) is 4.27. The van der Waals surface area contributed by atoms with Crippen molar-refractivity contribution in [2.75, 3.05) is 0 Å². The molecule has 1 aromatic heterocycles. The van der Waals surface area contributed by atoms with Gasteiger partial charge >= 0.3 is 0 Å². The Labute approximate surface area is 148 Å². The molecular weight excluding hydrogens is 310 g/mol. The largest absolute Gasteiger partial charge is 0.464 e. The van der Waals surface area contributed by atoms with E-state index >= 15 is 0 Å². The van der Waals surface area contributed by atoms with Crippen LogP contribution in [0.15, 0.2) is 47.1 Å². The number of nitrogens with one attached hydrogen (secondary N) is 1. The van der Waals surface area contributed by atoms with E-state index < -0.39 is 0 Å². The number of aryl methyl sites for hydroxylation is 3. The first-order valence-corrected chi connectivity index (χ1v) is 8.96. The second-order valence-electron chi connectivity index (χ2n) is 7.08. The van der Waals surface area contributed by atoms with Gasteiger partial charge in [-0.25, -0.2) is 0 Å². The van der Waals surface area contributed by atoms with Crippen LogP contribution in [0, 0.1) is 13.8 Å². The lowest BCUT2D eigenvalue weighted by Crippen LogP contribution is -2.32. The fraction of sp³-hybridized carbons (Fsp3) is 0.318. The first-order valence-electron chi connectivity index (χ1n) is 8.96. The van der Waals surface area contributed by atoms with E-state index in [4.69, 9.17) is 4.42 Å². The standard InChI is InChI=1S/C22H23NO2/c1-14-10-19-17(13-25-21(19)11-15(14)2)12-22(24)23-20-9-5-7-16-6-3-4-8-18(16)20/h3-4,6,8,10-11,13,20H,5,7,9,12H2,1-2H3,(H,23,24)/t20-/m1/s1. The summed E-state index contributed by atoms with van der Waals surface area (Å²) in [6.45, 7) is 4.16. The Morgan fingerprint density at radius 3 is 2.88 bits per heavy atom. The minimum Gasteiger partial charge on any atom is -0.464 e. The van der Waals surface area contributed by atoms with Crippen LogP contribution in [-0.4, -0.2) is 5.91 Å². The number of amides is 1. The Kier molecular flexibility index (Phi) is 4.08. The van der Waals surface area contributed by atoms with Gasteiger partial charge in [-0.1, -0.05) is 24.3 Å². The fourth-order valence-corrected chi connectivity index (χ4v) is 3.80. The summed E-state index contributed by atoms with van der Waals surface area (Å²) in [4.78, 5) is 12.6. The molecule has 0 aliphatic heterocycles. The van der Waals surface area contributed by atoms with Crippen LogP contribution >= 0.6 is 0 Å². The Bertz CT molecular complexity index is 938. The van der Waals surface area contributed by atoms with Gasteiger partial charge in [-0.2, -0.15) is 0 Å². The molecule has 2 aromatic carbocycles. The molecule has 1 atom stereocenters. The smallest absolute Gasteiger partial charge is 0.225 e. The highest BCUT2D eigenvalue weighted by molar-refractivity contribution is 5.88. The van der Waals surface area contributed by atoms with Crippen molar-refractivity contribution in [1.29, 1.82) is 0 Å². The van der Waals surface area contributed by atoms with E-state index in [9.17, 15) is 4.79 Å². The maximum absolute atomic E-state index is 12.6. The van der Waals surface area contributed by atoms with Crippen LogP contribution < -0.4 is 5.32 Å². The van der Waals surface area contributed by atoms with Crippen LogP contribution in [0.3, 0.4) is 0 Å². The van der Waals surface area contributed by atoms with Crippen LogP contribution in [-0.2, 0) is 17.6 Å². The van der Waals surface area contributed by atoms with E-state index in [1.165, 1.54) is 22.3 Å². The minimum absolute atomic E-state index is 0.0580. The third kappa shape index (κ3) is 3.07. The molecule has 4 rings (SSSR count). The normalized spacial score (nSPS) is 16.6. The van der Waals surface area contributed by atoms with Crippen molar-refractivity contribution in [1.82, 2.24) is 5.32 Å². The predicted molar refractivity (Wildman–Crippen MR) is 99.7 cm³/mol. The lowest BCUT2D eigenvalue weighted by Gasteiger charge is -2.26. The molecule has 1 aliphatic carbocycles. The number of hydrogen-bond acceptors (Lipinski definition) is 2. The minimum atomic E-state index is 0.0580. The lowest BCUT2D eigenvalue weighted by molar-refractivity contribution is -0.121. The number of fused-ring (bicyclic) bond motifs is 2. The molecule has 0 bridgehead atoms. The SMILES string of the molecule is Cc1cc2occ(CC(=O)N[C@@H]3CCCc4ccccc43)c2cc1C. The van der Waals surface area contributed by atoms with Gasteiger partial charge in [0.2, 0.25) is 5.91 Å². The second kappa shape index (κ2) is 6.40. The van der Waals surface area contributed by atoms with Gasteiger partial charge in [-0.05, 0) is 67.5 Å². The Morgan fingerprint density at radius 2 is 2.00 bits per heavy atom. The van der Waals surface area contributed by atoms with Crippen LogP contribution in [0.4, 0.5) is 0 Å². The molecule has 25 heavy (non-hydrogen) atoms. The molecule has 1 heterocycles. The van der Waals surface area contributed by atoms with Gasteiger partial charge < -0.3 is 9.73 Å². The highest BCUT2D eigenvalue weighted by Gasteiger charge is 2.22. The third-order valence-corrected chi connectivity index (χ3v) is 5.33. The van der Waals surface area contributed by atoms with Crippen molar-refractivity contribution in [3.05, 3.63) is 70.5 Å². The number of benzene rings is 2. The van der Waals surface area contributed by atoms with Crippen molar-refractivity contribution in [2.24, 2.45) is 0 Å². The summed E-state index contributed by atoms with van der Waals surface area (Å²) in [6.07, 6.45) is 5.31. The van der Waals surface area contributed by atoms with Gasteiger partial charge in [0.05, 0.1) is 18.7 Å². The summed E-state index contributed by atoms with van der Waals surface area (Å²) in [5.41, 5.74) is 6.87. The van der Waals surface area contributed by atoms with Crippen molar-refractivity contribution in [3.8, 4) is 0 Å². The number of furan rings is 1. The maximum Gasteiger partial charge on any atom is 0.225 e. The third-order valence-electron chi connectivity index (χ3n) is 5.33. The van der Waals surface area contributed by atoms with Crippen LogP contribution in [0.5, 0.6) is 0 Å². The zero-order valence-electron chi connectivity index (χ0n) is 14.8. The Morgan fingerprint density at radius 1 is 1.20 bits per heavy atom. The van der Waals surface area contributed by atoms with Crippen molar-refractivity contribution >= 4 is 16.9 Å². The van der Waals surface area contributed by atoms with Gasteiger partial charge in [0.15, 0.2) is 0 Å². The molecule has 0 unspecified atom stereocenters. The van der Waals surface area contributed by atoms with Crippen LogP contribution in [0.2, 0.25) is 0 Å². The topological polar surface area (TPSA) is 42.2 Å². The number of rotatable bonds is 3. The second-order valence-corrected chi connectivity index (χ2v) is 7.08. The van der Waals surface area contributed by atoms with E-state index in [1.807, 2.05) is 6.07 Å². The molecule has 3 nitrogen and oxygen atoms in total. The molecule has 0 saturated carbocycles. The summed E-state index contributed by atoms with van der Waals surface area (Å²) in [5.74, 6) is 0.0580. The van der Waals surface area contributed by atoms with Gasteiger partial charge in [0.25, 0.3) is 0 Å². The van der Waals surface area contributed by atoms with E-state index in [1.54, 1.807) is 6.26 Å². The quantitative estimate of drug-likeness (QED) is 0.749. The zero-order valence-corrected chi connectivity index (χ0v) is 14.8. The monoisotopic (exact) mass is 333 g/mol. The molecule has 3 heteroatoms. The lowest BCUT2D eigenvalue weighted by atomic mass is 9.87. The van der Waals surface area contributed by atoms with E-state index in [0.29, 0.717) is 6.42 Å². The molecule has 1 N–H and O–H groups in total. The molecule has 128 valence electrons. The average Bonchev–Trinajstić information content (AvgIpc) is 2.97. The highest BCUT2D eigenvalue weighted by Crippen LogP contribution is 2.30. The molecule has 0 saturated heterocycles.